The molecule has 0 bridgehead atoms. The largest absolute Gasteiger partial charge is 0.383 e. The van der Waals surface area contributed by atoms with Crippen LogP contribution in [0.1, 0.15) is 30.9 Å². The molecule has 0 aromatic heterocycles. The van der Waals surface area contributed by atoms with Crippen LogP contribution < -0.4 is 4.90 Å². The Labute approximate surface area is 190 Å². The van der Waals surface area contributed by atoms with Gasteiger partial charge < -0.3 is 19.4 Å². The molecule has 0 saturated carbocycles. The zero-order valence-corrected chi connectivity index (χ0v) is 18.9. The molecule has 32 heavy (non-hydrogen) atoms. The van der Waals surface area contributed by atoms with E-state index in [9.17, 15) is 4.79 Å². The number of morpholine rings is 1. The number of likely N-dealkylation sites (tertiary alicyclic amines) is 1. The fourth-order valence-corrected chi connectivity index (χ4v) is 4.38. The van der Waals surface area contributed by atoms with Crippen LogP contribution in [0.5, 0.6) is 0 Å². The average Bonchev–Trinajstić information content (AvgIpc) is 2.85. The number of carbonyl (C=O) groups is 1. The van der Waals surface area contributed by atoms with Crippen molar-refractivity contribution in [3.8, 4) is 0 Å². The number of hydrogen-bond acceptors (Lipinski definition) is 5. The van der Waals surface area contributed by atoms with Crippen LogP contribution in [0, 0.1) is 5.92 Å². The molecule has 2 aromatic rings. The van der Waals surface area contributed by atoms with Crippen LogP contribution in [0.2, 0.25) is 0 Å². The molecule has 6 heteroatoms. The highest BCUT2D eigenvalue weighted by Gasteiger charge is 2.27. The monoisotopic (exact) mass is 435 g/mol. The third-order valence-electron chi connectivity index (χ3n) is 6.33. The smallest absolute Gasteiger partial charge is 0.266 e. The summed E-state index contributed by atoms with van der Waals surface area (Å²) in [4.78, 5) is 22.4. The van der Waals surface area contributed by atoms with E-state index in [4.69, 9.17) is 9.57 Å². The quantitative estimate of drug-likeness (QED) is 0.491. The second kappa shape index (κ2) is 11.1. The third-order valence-corrected chi connectivity index (χ3v) is 6.33. The standard InChI is InChI=1S/C26H33N3O3/c1-21(26(30)29-13-11-23(12-14-29)19-22-5-3-2-4-6-22)32-27-20-24-7-9-25(10-8-24)28-15-17-31-18-16-28/h2-10,20-21,23H,11-19H2,1H3/b27-20+. The zero-order valence-electron chi connectivity index (χ0n) is 18.9. The van der Waals surface area contributed by atoms with E-state index in [2.05, 4.69) is 52.5 Å². The van der Waals surface area contributed by atoms with Gasteiger partial charge in [0.15, 0.2) is 0 Å². The Morgan fingerprint density at radius 1 is 1.06 bits per heavy atom. The Hall–Kier alpha value is -2.86. The van der Waals surface area contributed by atoms with Crippen molar-refractivity contribution in [1.29, 1.82) is 0 Å². The minimum atomic E-state index is -0.579. The topological polar surface area (TPSA) is 54.4 Å². The molecule has 0 spiro atoms. The summed E-state index contributed by atoms with van der Waals surface area (Å²) in [5, 5.41) is 4.06. The van der Waals surface area contributed by atoms with Crippen molar-refractivity contribution in [2.75, 3.05) is 44.3 Å². The number of piperidine rings is 1. The number of benzene rings is 2. The van der Waals surface area contributed by atoms with Crippen LogP contribution >= 0.6 is 0 Å². The van der Waals surface area contributed by atoms with Crippen LogP contribution in [0.4, 0.5) is 5.69 Å². The van der Waals surface area contributed by atoms with Crippen LogP contribution in [-0.4, -0.2) is 62.5 Å². The van der Waals surface area contributed by atoms with E-state index in [0.717, 1.165) is 64.2 Å². The van der Waals surface area contributed by atoms with Gasteiger partial charge in [-0.15, -0.1) is 0 Å². The second-order valence-corrected chi connectivity index (χ2v) is 8.63. The highest BCUT2D eigenvalue weighted by Crippen LogP contribution is 2.22. The first-order valence-electron chi connectivity index (χ1n) is 11.6. The average molecular weight is 436 g/mol. The molecule has 2 fully saturated rings. The van der Waals surface area contributed by atoms with Crippen molar-refractivity contribution < 1.29 is 14.4 Å². The van der Waals surface area contributed by atoms with Gasteiger partial charge >= 0.3 is 0 Å². The Kier molecular flexibility index (Phi) is 7.77. The summed E-state index contributed by atoms with van der Waals surface area (Å²) in [6.45, 7) is 6.73. The van der Waals surface area contributed by atoms with Gasteiger partial charge in [-0.05, 0) is 55.4 Å². The summed E-state index contributed by atoms with van der Waals surface area (Å²) in [5.41, 5.74) is 3.51. The lowest BCUT2D eigenvalue weighted by molar-refractivity contribution is -0.144. The number of nitrogens with zero attached hydrogens (tertiary/aromatic N) is 3. The number of ether oxygens (including phenoxy) is 1. The van der Waals surface area contributed by atoms with Gasteiger partial charge in [0, 0.05) is 31.9 Å². The van der Waals surface area contributed by atoms with Crippen molar-refractivity contribution in [2.24, 2.45) is 11.1 Å². The minimum Gasteiger partial charge on any atom is -0.383 e. The molecule has 2 aliphatic heterocycles. The summed E-state index contributed by atoms with van der Waals surface area (Å²) >= 11 is 0. The number of rotatable bonds is 7. The first kappa shape index (κ1) is 22.3. The summed E-state index contributed by atoms with van der Waals surface area (Å²) in [7, 11) is 0. The Morgan fingerprint density at radius 2 is 1.75 bits per heavy atom. The van der Waals surface area contributed by atoms with Crippen LogP contribution in [0.25, 0.3) is 0 Å². The molecule has 2 saturated heterocycles. The van der Waals surface area contributed by atoms with E-state index >= 15 is 0 Å². The molecule has 0 radical (unpaired) electrons. The molecule has 170 valence electrons. The first-order chi connectivity index (χ1) is 15.7. The number of hydrogen-bond donors (Lipinski definition) is 0. The molecule has 2 heterocycles. The fourth-order valence-electron chi connectivity index (χ4n) is 4.38. The molecule has 4 rings (SSSR count). The van der Waals surface area contributed by atoms with E-state index in [1.165, 1.54) is 11.3 Å². The van der Waals surface area contributed by atoms with E-state index in [-0.39, 0.29) is 5.91 Å². The Morgan fingerprint density at radius 3 is 2.44 bits per heavy atom. The van der Waals surface area contributed by atoms with Gasteiger partial charge in [-0.2, -0.15) is 0 Å². The zero-order chi connectivity index (χ0) is 22.2. The molecule has 2 aromatic carbocycles. The Balaban J connectivity index is 1.20. The number of carbonyl (C=O) groups excluding carboxylic acids is 1. The van der Waals surface area contributed by atoms with Gasteiger partial charge in [0.05, 0.1) is 19.4 Å². The van der Waals surface area contributed by atoms with Gasteiger partial charge in [-0.3, -0.25) is 4.79 Å². The molecule has 0 N–H and O–H groups in total. The van der Waals surface area contributed by atoms with Crippen molar-refractivity contribution >= 4 is 17.8 Å². The second-order valence-electron chi connectivity index (χ2n) is 8.63. The highest BCUT2D eigenvalue weighted by molar-refractivity contribution is 5.82. The predicted molar refractivity (Wildman–Crippen MR) is 127 cm³/mol. The highest BCUT2D eigenvalue weighted by atomic mass is 16.6. The number of oxime groups is 1. The van der Waals surface area contributed by atoms with Crippen LogP contribution in [0.15, 0.2) is 59.8 Å². The predicted octanol–water partition coefficient (Wildman–Crippen LogP) is 3.74. The van der Waals surface area contributed by atoms with E-state index in [1.54, 1.807) is 13.1 Å². The lowest BCUT2D eigenvalue weighted by atomic mass is 9.90. The molecule has 2 aliphatic rings. The lowest BCUT2D eigenvalue weighted by Crippen LogP contribution is -2.43. The summed E-state index contributed by atoms with van der Waals surface area (Å²) < 4.78 is 5.40. The van der Waals surface area contributed by atoms with E-state index in [0.29, 0.717) is 5.92 Å². The number of anilines is 1. The summed E-state index contributed by atoms with van der Waals surface area (Å²) in [6, 6.07) is 18.8. The number of amides is 1. The maximum atomic E-state index is 12.7. The molecular formula is C26H33N3O3. The first-order valence-corrected chi connectivity index (χ1v) is 11.6. The van der Waals surface area contributed by atoms with E-state index in [1.807, 2.05) is 17.0 Å². The van der Waals surface area contributed by atoms with Gasteiger partial charge in [0.1, 0.15) is 0 Å². The van der Waals surface area contributed by atoms with E-state index < -0.39 is 6.10 Å². The normalized spacial score (nSPS) is 18.7. The van der Waals surface area contributed by atoms with Crippen LogP contribution in [0.3, 0.4) is 0 Å². The molecule has 1 amide bonds. The Bertz CT molecular complexity index is 871. The molecule has 0 aliphatic carbocycles. The molecule has 1 unspecified atom stereocenters. The van der Waals surface area contributed by atoms with Crippen molar-refractivity contribution in [1.82, 2.24) is 4.90 Å². The molecule has 1 atom stereocenters. The summed E-state index contributed by atoms with van der Waals surface area (Å²) in [5.74, 6) is 0.652. The van der Waals surface area contributed by atoms with Crippen molar-refractivity contribution in [2.45, 2.75) is 32.3 Å². The minimum absolute atomic E-state index is 0.0166. The van der Waals surface area contributed by atoms with Gasteiger partial charge in [0.2, 0.25) is 6.10 Å². The van der Waals surface area contributed by atoms with Crippen molar-refractivity contribution in [3.63, 3.8) is 0 Å². The van der Waals surface area contributed by atoms with Crippen molar-refractivity contribution in [3.05, 3.63) is 65.7 Å². The lowest BCUT2D eigenvalue weighted by Gasteiger charge is -2.33. The van der Waals surface area contributed by atoms with Gasteiger partial charge in [0.25, 0.3) is 5.91 Å². The third kappa shape index (κ3) is 6.10. The van der Waals surface area contributed by atoms with Crippen LogP contribution in [-0.2, 0) is 20.8 Å². The summed E-state index contributed by atoms with van der Waals surface area (Å²) in [6.07, 6.45) is 4.24. The maximum absolute atomic E-state index is 12.7. The van der Waals surface area contributed by atoms with Gasteiger partial charge in [-0.1, -0.05) is 47.6 Å². The molecule has 6 nitrogen and oxygen atoms in total. The maximum Gasteiger partial charge on any atom is 0.266 e. The SMILES string of the molecule is CC(O/N=C/c1ccc(N2CCOCC2)cc1)C(=O)N1CCC(Cc2ccccc2)CC1. The van der Waals surface area contributed by atoms with Gasteiger partial charge in [-0.25, -0.2) is 0 Å². The molecular weight excluding hydrogens is 402 g/mol. The fraction of sp³-hybridized carbons (Fsp3) is 0.462.